The topological polar surface area (TPSA) is 70.2 Å². The molecule has 0 unspecified atom stereocenters. The molecular weight excluding hydrogens is 222 g/mol. The van der Waals surface area contributed by atoms with Gasteiger partial charge in [-0.15, -0.1) is 0 Å². The Bertz CT molecular complexity index is 562. The Kier molecular flexibility index (Phi) is 2.95. The van der Waals surface area contributed by atoms with Gasteiger partial charge in [-0.1, -0.05) is 0 Å². The molecule has 0 saturated heterocycles. The summed E-state index contributed by atoms with van der Waals surface area (Å²) in [4.78, 5) is 10.5. The van der Waals surface area contributed by atoms with E-state index in [2.05, 4.69) is 5.10 Å². The van der Waals surface area contributed by atoms with Gasteiger partial charge in [0.1, 0.15) is 0 Å². The number of nitro groups is 1. The zero-order valence-corrected chi connectivity index (χ0v) is 9.71. The second-order valence-corrected chi connectivity index (χ2v) is 3.55. The van der Waals surface area contributed by atoms with E-state index in [9.17, 15) is 10.1 Å². The minimum Gasteiger partial charge on any atom is -0.487 e. The van der Waals surface area contributed by atoms with E-state index in [1.807, 2.05) is 6.92 Å². The first-order chi connectivity index (χ1) is 8.15. The first-order valence-electron chi connectivity index (χ1n) is 5.44. The zero-order valence-electron chi connectivity index (χ0n) is 9.71. The quantitative estimate of drug-likeness (QED) is 0.602. The van der Waals surface area contributed by atoms with Crippen LogP contribution in [-0.2, 0) is 6.54 Å². The van der Waals surface area contributed by atoms with Crippen LogP contribution in [0.5, 0.6) is 5.75 Å². The molecule has 2 aromatic rings. The van der Waals surface area contributed by atoms with Crippen molar-refractivity contribution >= 4 is 16.6 Å². The molecule has 1 aromatic carbocycles. The predicted molar refractivity (Wildman–Crippen MR) is 63.2 cm³/mol. The average Bonchev–Trinajstić information content (AvgIpc) is 2.70. The summed E-state index contributed by atoms with van der Waals surface area (Å²) in [6, 6.07) is 3.11. The van der Waals surface area contributed by atoms with Crippen LogP contribution in [0.1, 0.15) is 13.8 Å². The van der Waals surface area contributed by atoms with Crippen molar-refractivity contribution in [3.63, 3.8) is 0 Å². The molecule has 0 N–H and O–H groups in total. The maximum absolute atomic E-state index is 10.9. The van der Waals surface area contributed by atoms with Gasteiger partial charge in [-0.05, 0) is 13.8 Å². The number of benzene rings is 1. The number of aryl methyl sites for hydroxylation is 1. The number of hydrogen-bond donors (Lipinski definition) is 0. The summed E-state index contributed by atoms with van der Waals surface area (Å²) < 4.78 is 7.00. The summed E-state index contributed by atoms with van der Waals surface area (Å²) in [6.07, 6.45) is 1.79. The number of hydrogen-bond acceptors (Lipinski definition) is 4. The van der Waals surface area contributed by atoms with E-state index < -0.39 is 4.92 Å². The molecule has 2 rings (SSSR count). The van der Waals surface area contributed by atoms with Crippen molar-refractivity contribution in [2.75, 3.05) is 6.61 Å². The molecule has 0 amide bonds. The maximum atomic E-state index is 10.9. The molecule has 1 aromatic heterocycles. The number of ether oxygens (including phenoxy) is 1. The van der Waals surface area contributed by atoms with E-state index in [0.717, 1.165) is 11.9 Å². The van der Waals surface area contributed by atoms with Crippen LogP contribution in [0.15, 0.2) is 18.3 Å². The van der Waals surface area contributed by atoms with Crippen LogP contribution in [0, 0.1) is 10.1 Å². The Balaban J connectivity index is 2.61. The summed E-state index contributed by atoms with van der Waals surface area (Å²) in [5.74, 6) is 0.270. The fourth-order valence-electron chi connectivity index (χ4n) is 1.67. The molecule has 0 bridgehead atoms. The van der Waals surface area contributed by atoms with Crippen molar-refractivity contribution in [1.29, 1.82) is 0 Å². The summed E-state index contributed by atoms with van der Waals surface area (Å²) in [6.45, 7) is 4.87. The summed E-state index contributed by atoms with van der Waals surface area (Å²) in [5.41, 5.74) is 0.691. The molecule has 0 aliphatic heterocycles. The van der Waals surface area contributed by atoms with Gasteiger partial charge in [-0.25, -0.2) is 0 Å². The molecule has 90 valence electrons. The van der Waals surface area contributed by atoms with Crippen molar-refractivity contribution in [3.05, 3.63) is 28.4 Å². The van der Waals surface area contributed by atoms with Crippen LogP contribution in [0.3, 0.4) is 0 Å². The smallest absolute Gasteiger partial charge is 0.311 e. The normalized spacial score (nSPS) is 10.7. The van der Waals surface area contributed by atoms with E-state index in [1.54, 1.807) is 23.9 Å². The number of nitrogens with zero attached hydrogens (tertiary/aromatic N) is 3. The fourth-order valence-corrected chi connectivity index (χ4v) is 1.67. The van der Waals surface area contributed by atoms with Crippen LogP contribution < -0.4 is 4.74 Å². The molecule has 6 heteroatoms. The van der Waals surface area contributed by atoms with Crippen molar-refractivity contribution in [2.45, 2.75) is 20.4 Å². The summed E-state index contributed by atoms with van der Waals surface area (Å²) in [5, 5.41) is 16.0. The van der Waals surface area contributed by atoms with Gasteiger partial charge in [0, 0.05) is 30.3 Å². The summed E-state index contributed by atoms with van der Waals surface area (Å²) >= 11 is 0. The molecule has 0 aliphatic carbocycles. The van der Waals surface area contributed by atoms with E-state index in [-0.39, 0.29) is 11.4 Å². The number of fused-ring (bicyclic) bond motifs is 1. The lowest BCUT2D eigenvalue weighted by molar-refractivity contribution is -0.385. The standard InChI is InChI=1S/C11H13N3O3/c1-3-13-7-8-5-10(14(15)16)11(17-4-2)6-9(8)12-13/h5-7H,3-4H2,1-2H3. The zero-order chi connectivity index (χ0) is 12.4. The highest BCUT2D eigenvalue weighted by Gasteiger charge is 2.17. The molecule has 0 fully saturated rings. The molecule has 1 heterocycles. The minimum atomic E-state index is -0.437. The van der Waals surface area contributed by atoms with Crippen molar-refractivity contribution < 1.29 is 9.66 Å². The van der Waals surface area contributed by atoms with Crippen LogP contribution in [0.2, 0.25) is 0 Å². The summed E-state index contributed by atoms with van der Waals surface area (Å²) in [7, 11) is 0. The lowest BCUT2D eigenvalue weighted by atomic mass is 10.2. The SMILES string of the molecule is CCOc1cc2nn(CC)cc2cc1[N+](=O)[O-]. The lowest BCUT2D eigenvalue weighted by Crippen LogP contribution is -1.97. The van der Waals surface area contributed by atoms with E-state index in [0.29, 0.717) is 12.1 Å². The second kappa shape index (κ2) is 4.40. The number of rotatable bonds is 4. The highest BCUT2D eigenvalue weighted by Crippen LogP contribution is 2.31. The highest BCUT2D eigenvalue weighted by molar-refractivity contribution is 5.83. The van der Waals surface area contributed by atoms with Gasteiger partial charge >= 0.3 is 5.69 Å². The third-order valence-corrected chi connectivity index (χ3v) is 2.45. The van der Waals surface area contributed by atoms with Gasteiger partial charge in [0.15, 0.2) is 5.75 Å². The Morgan fingerprint density at radius 1 is 1.47 bits per heavy atom. The molecule has 0 aliphatic rings. The van der Waals surface area contributed by atoms with Crippen LogP contribution in [-0.4, -0.2) is 21.3 Å². The Morgan fingerprint density at radius 2 is 2.24 bits per heavy atom. The largest absolute Gasteiger partial charge is 0.487 e. The Morgan fingerprint density at radius 3 is 2.82 bits per heavy atom. The van der Waals surface area contributed by atoms with Gasteiger partial charge in [0.25, 0.3) is 0 Å². The third-order valence-electron chi connectivity index (χ3n) is 2.45. The maximum Gasteiger partial charge on any atom is 0.311 e. The van der Waals surface area contributed by atoms with E-state index in [1.165, 1.54) is 6.07 Å². The Labute approximate surface area is 97.9 Å². The molecule has 0 atom stereocenters. The first kappa shape index (κ1) is 11.4. The van der Waals surface area contributed by atoms with Crippen molar-refractivity contribution in [3.8, 4) is 5.75 Å². The van der Waals surface area contributed by atoms with Gasteiger partial charge in [0.2, 0.25) is 0 Å². The first-order valence-corrected chi connectivity index (χ1v) is 5.44. The number of nitro benzene ring substituents is 1. The lowest BCUT2D eigenvalue weighted by Gasteiger charge is -2.03. The van der Waals surface area contributed by atoms with Gasteiger partial charge in [0.05, 0.1) is 17.0 Å². The van der Waals surface area contributed by atoms with Crippen LogP contribution >= 0.6 is 0 Å². The van der Waals surface area contributed by atoms with Crippen molar-refractivity contribution in [1.82, 2.24) is 9.78 Å². The molecule has 0 saturated carbocycles. The average molecular weight is 235 g/mol. The monoisotopic (exact) mass is 235 g/mol. The van der Waals surface area contributed by atoms with Crippen LogP contribution in [0.25, 0.3) is 10.9 Å². The molecular formula is C11H13N3O3. The molecule has 6 nitrogen and oxygen atoms in total. The van der Waals surface area contributed by atoms with Gasteiger partial charge in [-0.2, -0.15) is 5.10 Å². The predicted octanol–water partition coefficient (Wildman–Crippen LogP) is 2.36. The molecule has 0 spiro atoms. The number of aromatic nitrogens is 2. The Hall–Kier alpha value is -2.11. The second-order valence-electron chi connectivity index (χ2n) is 3.55. The highest BCUT2D eigenvalue weighted by atomic mass is 16.6. The molecule has 0 radical (unpaired) electrons. The van der Waals surface area contributed by atoms with E-state index >= 15 is 0 Å². The minimum absolute atomic E-state index is 0.0185. The van der Waals surface area contributed by atoms with Gasteiger partial charge < -0.3 is 4.74 Å². The van der Waals surface area contributed by atoms with Gasteiger partial charge in [-0.3, -0.25) is 14.8 Å². The van der Waals surface area contributed by atoms with Crippen molar-refractivity contribution in [2.24, 2.45) is 0 Å². The fraction of sp³-hybridized carbons (Fsp3) is 0.364. The third kappa shape index (κ3) is 2.06. The van der Waals surface area contributed by atoms with E-state index in [4.69, 9.17) is 4.74 Å². The van der Waals surface area contributed by atoms with Crippen LogP contribution in [0.4, 0.5) is 5.69 Å². The molecule has 17 heavy (non-hydrogen) atoms.